The molecule has 0 aliphatic heterocycles. The van der Waals surface area contributed by atoms with Crippen molar-refractivity contribution in [1.82, 2.24) is 14.9 Å². The zero-order chi connectivity index (χ0) is 18.9. The Morgan fingerprint density at radius 1 is 1.15 bits per heavy atom. The molecule has 0 aliphatic rings. The summed E-state index contributed by atoms with van der Waals surface area (Å²) in [7, 11) is 0. The maximum atomic E-state index is 11.6. The van der Waals surface area contributed by atoms with Crippen molar-refractivity contribution < 1.29 is 9.53 Å². The first kappa shape index (κ1) is 18.7. The Labute approximate surface area is 159 Å². The third kappa shape index (κ3) is 5.20. The van der Waals surface area contributed by atoms with Crippen molar-refractivity contribution in [3.8, 4) is 5.75 Å². The molecule has 1 heterocycles. The highest BCUT2D eigenvalue weighted by molar-refractivity contribution is 5.87. The Hall–Kier alpha value is -3.08. The summed E-state index contributed by atoms with van der Waals surface area (Å²) in [6.45, 7) is 3.86. The van der Waals surface area contributed by atoms with Gasteiger partial charge in [0.15, 0.2) is 0 Å². The second-order valence-electron chi connectivity index (χ2n) is 6.22. The quantitative estimate of drug-likeness (QED) is 0.465. The van der Waals surface area contributed by atoms with Crippen LogP contribution in [0.4, 0.5) is 0 Å². The number of amides is 1. The van der Waals surface area contributed by atoms with Gasteiger partial charge in [-0.25, -0.2) is 4.98 Å². The minimum Gasteiger partial charge on any atom is -0.494 e. The van der Waals surface area contributed by atoms with Gasteiger partial charge in [-0.1, -0.05) is 36.4 Å². The number of nitrogens with one attached hydrogen (secondary N) is 1. The van der Waals surface area contributed by atoms with Crippen LogP contribution in [0.3, 0.4) is 0 Å². The number of fused-ring (bicyclic) bond motifs is 1. The van der Waals surface area contributed by atoms with E-state index < -0.39 is 0 Å². The van der Waals surface area contributed by atoms with E-state index in [1.54, 1.807) is 6.08 Å². The van der Waals surface area contributed by atoms with Crippen molar-refractivity contribution >= 4 is 16.9 Å². The molecule has 2 aromatic carbocycles. The van der Waals surface area contributed by atoms with Crippen LogP contribution in [0.1, 0.15) is 19.2 Å². The second-order valence-corrected chi connectivity index (χ2v) is 6.22. The molecule has 27 heavy (non-hydrogen) atoms. The third-order valence-corrected chi connectivity index (χ3v) is 4.24. The van der Waals surface area contributed by atoms with Gasteiger partial charge in [-0.3, -0.25) is 4.79 Å². The van der Waals surface area contributed by atoms with Crippen molar-refractivity contribution in [1.29, 1.82) is 0 Å². The largest absolute Gasteiger partial charge is 0.494 e. The first-order valence-electron chi connectivity index (χ1n) is 9.30. The molecule has 5 heteroatoms. The van der Waals surface area contributed by atoms with Gasteiger partial charge in [0.2, 0.25) is 5.91 Å². The molecule has 1 aromatic heterocycles. The zero-order valence-electron chi connectivity index (χ0n) is 15.6. The van der Waals surface area contributed by atoms with Crippen LogP contribution in [0, 0.1) is 0 Å². The Kier molecular flexibility index (Phi) is 6.63. The van der Waals surface area contributed by atoms with Gasteiger partial charge >= 0.3 is 0 Å². The van der Waals surface area contributed by atoms with Gasteiger partial charge in [-0.2, -0.15) is 0 Å². The van der Waals surface area contributed by atoms with E-state index in [-0.39, 0.29) is 5.91 Å². The molecule has 3 aromatic rings. The molecule has 1 N–H and O–H groups in total. The summed E-state index contributed by atoms with van der Waals surface area (Å²) in [5.74, 6) is 1.80. The van der Waals surface area contributed by atoms with E-state index in [4.69, 9.17) is 9.72 Å². The molecular weight excluding hydrogens is 338 g/mol. The predicted octanol–water partition coefficient (Wildman–Crippen LogP) is 3.74. The number of aromatic nitrogens is 2. The molecule has 0 bridgehead atoms. The van der Waals surface area contributed by atoms with Gasteiger partial charge in [-0.15, -0.1) is 0 Å². The molecule has 0 aliphatic carbocycles. The van der Waals surface area contributed by atoms with Gasteiger partial charge in [-0.05, 0) is 43.7 Å². The molecule has 1 amide bonds. The summed E-state index contributed by atoms with van der Waals surface area (Å²) >= 11 is 0. The minimum atomic E-state index is -0.0728. The maximum Gasteiger partial charge on any atom is 0.243 e. The molecule has 0 saturated carbocycles. The molecule has 0 spiro atoms. The number of benzene rings is 2. The minimum absolute atomic E-state index is 0.0728. The monoisotopic (exact) mass is 363 g/mol. The van der Waals surface area contributed by atoms with E-state index in [0.717, 1.165) is 35.6 Å². The fourth-order valence-corrected chi connectivity index (χ4v) is 3.00. The highest BCUT2D eigenvalue weighted by atomic mass is 16.5. The van der Waals surface area contributed by atoms with Crippen molar-refractivity contribution in [3.05, 3.63) is 72.6 Å². The predicted molar refractivity (Wildman–Crippen MR) is 108 cm³/mol. The highest BCUT2D eigenvalue weighted by Gasteiger charge is 2.10. The number of carbonyl (C=O) groups is 1. The lowest BCUT2D eigenvalue weighted by molar-refractivity contribution is -0.116. The van der Waals surface area contributed by atoms with Gasteiger partial charge in [0.05, 0.1) is 17.6 Å². The summed E-state index contributed by atoms with van der Waals surface area (Å²) < 4.78 is 8.03. The standard InChI is InChI=1S/C22H25N3O2/c1-2-9-22(26)23-15-14-21-24-19-12-6-7-13-20(19)25(21)16-8-17-27-18-10-4-3-5-11-18/h2-7,9-13H,8,14-17H2,1H3,(H,23,26)/b9-2+. The SMILES string of the molecule is C/C=C/C(=O)NCCc1nc2ccccc2n1CCCOc1ccccc1. The molecular formula is C22H25N3O2. The molecule has 5 nitrogen and oxygen atoms in total. The lowest BCUT2D eigenvalue weighted by atomic mass is 10.3. The van der Waals surface area contributed by atoms with Crippen LogP contribution in [0.2, 0.25) is 0 Å². The number of rotatable bonds is 9. The molecule has 0 radical (unpaired) electrons. The first-order valence-corrected chi connectivity index (χ1v) is 9.30. The van der Waals surface area contributed by atoms with Crippen molar-refractivity contribution in [3.63, 3.8) is 0 Å². The van der Waals surface area contributed by atoms with Gasteiger partial charge in [0, 0.05) is 19.5 Å². The van der Waals surface area contributed by atoms with Crippen molar-refractivity contribution in [2.45, 2.75) is 26.3 Å². The second kappa shape index (κ2) is 9.57. The normalized spacial score (nSPS) is 11.1. The summed E-state index contributed by atoms with van der Waals surface area (Å²) in [5.41, 5.74) is 2.10. The Balaban J connectivity index is 1.62. The maximum absolute atomic E-state index is 11.6. The lowest BCUT2D eigenvalue weighted by Crippen LogP contribution is -2.24. The molecule has 0 unspecified atom stereocenters. The van der Waals surface area contributed by atoms with E-state index in [9.17, 15) is 4.79 Å². The highest BCUT2D eigenvalue weighted by Crippen LogP contribution is 2.17. The number of aryl methyl sites for hydroxylation is 1. The first-order chi connectivity index (χ1) is 13.3. The Bertz CT molecular complexity index is 900. The molecule has 3 rings (SSSR count). The van der Waals surface area contributed by atoms with Crippen molar-refractivity contribution in [2.75, 3.05) is 13.2 Å². The van der Waals surface area contributed by atoms with Crippen LogP contribution < -0.4 is 10.1 Å². The van der Waals surface area contributed by atoms with E-state index in [0.29, 0.717) is 19.6 Å². The van der Waals surface area contributed by atoms with Gasteiger partial charge < -0.3 is 14.6 Å². The number of imidazole rings is 1. The van der Waals surface area contributed by atoms with Gasteiger partial charge in [0.25, 0.3) is 0 Å². The average molecular weight is 363 g/mol. The van der Waals surface area contributed by atoms with E-state index in [1.807, 2.05) is 55.5 Å². The Morgan fingerprint density at radius 3 is 2.74 bits per heavy atom. The number of ether oxygens (including phenoxy) is 1. The van der Waals surface area contributed by atoms with Crippen LogP contribution >= 0.6 is 0 Å². The van der Waals surface area contributed by atoms with Crippen LogP contribution in [0.15, 0.2) is 66.7 Å². The number of allylic oxidation sites excluding steroid dienone is 1. The lowest BCUT2D eigenvalue weighted by Gasteiger charge is -2.11. The van der Waals surface area contributed by atoms with Crippen molar-refractivity contribution in [2.24, 2.45) is 0 Å². The molecule has 0 fully saturated rings. The molecule has 140 valence electrons. The van der Waals surface area contributed by atoms with E-state index in [1.165, 1.54) is 6.08 Å². The number of hydrogen-bond donors (Lipinski definition) is 1. The van der Waals surface area contributed by atoms with Gasteiger partial charge in [0.1, 0.15) is 11.6 Å². The molecule has 0 atom stereocenters. The van der Waals surface area contributed by atoms with E-state index >= 15 is 0 Å². The topological polar surface area (TPSA) is 56.2 Å². The third-order valence-electron chi connectivity index (χ3n) is 4.24. The summed E-state index contributed by atoms with van der Waals surface area (Å²) in [6, 6.07) is 18.0. The van der Waals surface area contributed by atoms with Crippen LogP contribution in [0.25, 0.3) is 11.0 Å². The fourth-order valence-electron chi connectivity index (χ4n) is 3.00. The van der Waals surface area contributed by atoms with Crippen LogP contribution in [0.5, 0.6) is 5.75 Å². The Morgan fingerprint density at radius 2 is 1.93 bits per heavy atom. The van der Waals surface area contributed by atoms with E-state index in [2.05, 4.69) is 16.0 Å². The van der Waals surface area contributed by atoms with Crippen LogP contribution in [-0.4, -0.2) is 28.6 Å². The summed E-state index contributed by atoms with van der Waals surface area (Å²) in [5, 5.41) is 2.89. The smallest absolute Gasteiger partial charge is 0.243 e. The summed E-state index contributed by atoms with van der Waals surface area (Å²) in [4.78, 5) is 16.3. The molecule has 0 saturated heterocycles. The average Bonchev–Trinajstić information content (AvgIpc) is 3.04. The number of hydrogen-bond acceptors (Lipinski definition) is 3. The fraction of sp³-hybridized carbons (Fsp3) is 0.273. The summed E-state index contributed by atoms with van der Waals surface area (Å²) in [6.07, 6.45) is 4.84. The number of para-hydroxylation sites is 3. The number of carbonyl (C=O) groups excluding carboxylic acids is 1. The van der Waals surface area contributed by atoms with Crippen LogP contribution in [-0.2, 0) is 17.8 Å². The number of nitrogens with zero attached hydrogens (tertiary/aromatic N) is 2. The zero-order valence-corrected chi connectivity index (χ0v) is 15.6.